The second kappa shape index (κ2) is 38.3. The van der Waals surface area contributed by atoms with E-state index in [1.807, 2.05) is 23.1 Å². The molecule has 0 aromatic heterocycles. The molecule has 0 amide bonds. The Kier molecular flexibility index (Phi) is 38.2. The minimum Gasteiger partial charge on any atom is -0.613 e. The van der Waals surface area contributed by atoms with Gasteiger partial charge in [0.05, 0.1) is 22.3 Å². The van der Waals surface area contributed by atoms with Crippen molar-refractivity contribution in [1.29, 1.82) is 0 Å². The van der Waals surface area contributed by atoms with E-state index in [1.165, 1.54) is 22.3 Å². The number of hydrogen-bond acceptors (Lipinski definition) is 6. The van der Waals surface area contributed by atoms with E-state index >= 15 is 0 Å². The second-order valence-electron chi connectivity index (χ2n) is 29.1. The average Bonchev–Trinajstić information content (AvgIpc) is 3.33. The molecule has 4 aromatic rings. The molecule has 0 atom stereocenters. The Morgan fingerprint density at radius 2 is 0.440 bits per heavy atom. The first-order valence-corrected chi connectivity index (χ1v) is 41.9. The van der Waals surface area contributed by atoms with E-state index < -0.39 is 54.0 Å². The minimum absolute atomic E-state index is 0. The molecule has 2 N–H and O–H groups in total. The van der Waals surface area contributed by atoms with Gasteiger partial charge in [-0.2, -0.15) is 0 Å². The maximum atomic E-state index is 12.6. The first-order chi connectivity index (χ1) is 37.8. The predicted molar refractivity (Wildman–Crippen MR) is 364 cm³/mol. The van der Waals surface area contributed by atoms with E-state index in [-0.39, 0.29) is 76.4 Å². The van der Waals surface area contributed by atoms with Crippen LogP contribution in [0.3, 0.4) is 0 Å². The first kappa shape index (κ1) is 83.8. The molecular formula is C72H118Al3NdO8-. The summed E-state index contributed by atoms with van der Waals surface area (Å²) < 4.78 is 11.2. The van der Waals surface area contributed by atoms with Gasteiger partial charge in [0.25, 0.3) is 0 Å². The zero-order valence-corrected chi connectivity index (χ0v) is 65.8. The Labute approximate surface area is 559 Å². The summed E-state index contributed by atoms with van der Waals surface area (Å²) in [6.45, 7) is 50.9. The first-order valence-electron chi connectivity index (χ1n) is 31.7. The largest absolute Gasteiger partial charge is 0.613 e. The van der Waals surface area contributed by atoms with Crippen molar-refractivity contribution in [2.75, 3.05) is 0 Å². The van der Waals surface area contributed by atoms with Crippen LogP contribution in [0.5, 0.6) is 0 Å². The van der Waals surface area contributed by atoms with Crippen molar-refractivity contribution >= 4 is 65.9 Å². The molecule has 84 heavy (non-hydrogen) atoms. The van der Waals surface area contributed by atoms with Gasteiger partial charge in [-0.3, -0.25) is 0 Å². The third-order valence-corrected chi connectivity index (χ3v) is 15.4. The molecular weight excluding hydrogens is 1220 g/mol. The van der Waals surface area contributed by atoms with Crippen molar-refractivity contribution in [2.24, 2.45) is 0 Å². The summed E-state index contributed by atoms with van der Waals surface area (Å²) in [5.41, 5.74) is 16.0. The van der Waals surface area contributed by atoms with Crippen LogP contribution in [0, 0.1) is 40.8 Å². The van der Waals surface area contributed by atoms with Crippen molar-refractivity contribution < 1.29 is 77.8 Å². The number of carboxylic acids is 2. The van der Waals surface area contributed by atoms with Crippen LogP contribution in [0.1, 0.15) is 345 Å². The van der Waals surface area contributed by atoms with E-state index in [1.54, 1.807) is 0 Å². The van der Waals surface area contributed by atoms with Crippen LogP contribution in [-0.4, -0.2) is 76.1 Å². The van der Waals surface area contributed by atoms with Crippen molar-refractivity contribution in [3.8, 4) is 0 Å². The van der Waals surface area contributed by atoms with Crippen molar-refractivity contribution in [1.82, 2.24) is 0 Å². The summed E-state index contributed by atoms with van der Waals surface area (Å²) in [4.78, 5) is 48.3. The third-order valence-electron chi connectivity index (χ3n) is 14.1. The monoisotopic (exact) mass is 1330 g/mol. The maximum Gasteiger partial charge on any atom is 0.542 e. The predicted octanol–water partition coefficient (Wildman–Crippen LogP) is 22.4. The van der Waals surface area contributed by atoms with Crippen LogP contribution in [0.4, 0.5) is 0 Å². The Morgan fingerprint density at radius 1 is 0.310 bits per heavy atom. The SMILES string of the molecule is CC(C)c1cc(C(C)C)c(C(=O)O)c(C(C)C)c1.CC(C)c1cc(C(C)C)c(C(=O)O)c(C(C)C)c1.CC(C)c1cc(C(C)C)c(C(=O)[O][Al]([CH3])[CH3])c(C(C)C)c1.CC(C)c1cc(C(C)C)c(C(=O)[O][Al]([CH3])[CH3])c(C(C)C)c1.[CH3][Al-]([CH3])([CH3])[CH3].[Nd]. The smallest absolute Gasteiger partial charge is 0.542 e. The molecule has 4 aromatic carbocycles. The van der Waals surface area contributed by atoms with Crippen LogP contribution in [0.25, 0.3) is 0 Å². The molecule has 0 radical (unpaired) electrons. The number of carbonyl (C=O) groups is 4. The fourth-order valence-electron chi connectivity index (χ4n) is 9.33. The van der Waals surface area contributed by atoms with Gasteiger partial charge in [0.1, 0.15) is 13.1 Å². The summed E-state index contributed by atoms with van der Waals surface area (Å²) in [5.74, 6) is 19.6. The number of rotatable bonds is 18. The van der Waals surface area contributed by atoms with Crippen molar-refractivity contribution in [3.05, 3.63) is 138 Å². The fourth-order valence-corrected chi connectivity index (χ4v) is 10.4. The van der Waals surface area contributed by atoms with Gasteiger partial charge in [-0.25, -0.2) is 42.3 Å². The summed E-state index contributed by atoms with van der Waals surface area (Å²) >= 11 is -3.60. The number of carboxylic acid groups (broad SMARTS) is 2. The standard InChI is InChI=1S/4C16H24O2.8CH3.3Al.Nd/c4*1-9(2)12-7-13(10(3)4)15(16(17)18)14(8-12)11(5)6;;;;;;;;;;;;/h4*7-11H,1-6H3,(H,17,18);8*1H3;;;;/q;;;;;;;;;;;;-1;2*+1;/p-2. The molecule has 0 fully saturated rings. The maximum absolute atomic E-state index is 12.6. The van der Waals surface area contributed by atoms with E-state index in [9.17, 15) is 29.4 Å². The number of aromatic carboxylic acids is 2. The number of hydrogen-bond donors (Lipinski definition) is 2. The van der Waals surface area contributed by atoms with Gasteiger partial charge in [0, 0.05) is 40.8 Å². The summed E-state index contributed by atoms with van der Waals surface area (Å²) in [7, 11) is 0. The minimum atomic E-state index is -1.38. The summed E-state index contributed by atoms with van der Waals surface area (Å²) in [6, 6.07) is 17.0. The molecule has 0 unspecified atom stereocenters. The number of carbonyl (C=O) groups excluding carboxylic acids is 2. The molecule has 8 nitrogen and oxygen atoms in total. The molecule has 0 aliphatic heterocycles. The van der Waals surface area contributed by atoms with Crippen LogP contribution in [0.2, 0.25) is 46.3 Å². The Hall–Kier alpha value is -2.29. The zero-order chi connectivity index (χ0) is 65.2. The number of benzene rings is 4. The molecule has 0 saturated carbocycles. The molecule has 0 heterocycles. The van der Waals surface area contributed by atoms with Crippen LogP contribution in [0.15, 0.2) is 48.5 Å². The average molecular weight is 1340 g/mol. The van der Waals surface area contributed by atoms with Crippen molar-refractivity contribution in [3.63, 3.8) is 0 Å². The van der Waals surface area contributed by atoms with E-state index in [4.69, 9.17) is 7.58 Å². The molecule has 0 bridgehead atoms. The summed E-state index contributed by atoms with van der Waals surface area (Å²) in [6.07, 6.45) is 0. The van der Waals surface area contributed by atoms with Gasteiger partial charge < -0.3 is 17.8 Å². The quantitative estimate of drug-likeness (QED) is 0.0943. The zero-order valence-electron chi connectivity index (χ0n) is 59.1. The van der Waals surface area contributed by atoms with Crippen LogP contribution < -0.4 is 0 Å². The van der Waals surface area contributed by atoms with Gasteiger partial charge in [-0.1, -0.05) is 238 Å². The van der Waals surface area contributed by atoms with Crippen LogP contribution >= 0.6 is 0 Å². The van der Waals surface area contributed by atoms with Crippen LogP contribution in [-0.2, 0) is 7.58 Å². The molecule has 468 valence electrons. The van der Waals surface area contributed by atoms with E-state index in [0.717, 1.165) is 55.6 Å². The van der Waals surface area contributed by atoms with Gasteiger partial charge in [-0.05, 0) is 138 Å². The molecule has 4 rings (SSSR count). The molecule has 0 spiro atoms. The van der Waals surface area contributed by atoms with Gasteiger partial charge in [0.2, 0.25) is 0 Å². The van der Waals surface area contributed by atoms with E-state index in [0.29, 0.717) is 58.5 Å². The second-order valence-corrected chi connectivity index (χ2v) is 40.7. The molecule has 0 aliphatic rings. The molecule has 0 aliphatic carbocycles. The summed E-state index contributed by atoms with van der Waals surface area (Å²) in [5, 5.41) is 18.9. The Bertz CT molecular complexity index is 2420. The Morgan fingerprint density at radius 3 is 0.536 bits per heavy atom. The van der Waals surface area contributed by atoms with Gasteiger partial charge in [-0.15, -0.1) is 0 Å². The molecule has 0 saturated heterocycles. The van der Waals surface area contributed by atoms with Crippen molar-refractivity contribution in [2.45, 2.75) is 283 Å². The van der Waals surface area contributed by atoms with Gasteiger partial charge in [0.15, 0.2) is 0 Å². The van der Waals surface area contributed by atoms with Gasteiger partial charge >= 0.3 is 52.8 Å². The topological polar surface area (TPSA) is 127 Å². The Balaban J connectivity index is 0. The third kappa shape index (κ3) is 27.6. The normalized spacial score (nSPS) is 11.4. The molecule has 12 heteroatoms. The fraction of sp³-hybridized carbons (Fsp3) is 0.611. The van der Waals surface area contributed by atoms with E-state index in [2.05, 4.69) is 238 Å².